The number of amides is 2. The average Bonchev–Trinajstić information content (AvgIpc) is 3.29. The van der Waals surface area contributed by atoms with Crippen LogP contribution in [0.3, 0.4) is 0 Å². The molecule has 2 atom stereocenters. The molecule has 0 aliphatic rings. The summed E-state index contributed by atoms with van der Waals surface area (Å²) in [7, 11) is 0. The molecule has 11 heteroatoms. The van der Waals surface area contributed by atoms with Crippen LogP contribution in [-0.4, -0.2) is 85.6 Å². The van der Waals surface area contributed by atoms with Crippen LogP contribution in [0.2, 0.25) is 0 Å². The number of hydrogen-bond donors (Lipinski definition) is 5. The lowest BCUT2D eigenvalue weighted by Crippen LogP contribution is -2.36. The van der Waals surface area contributed by atoms with Crippen LogP contribution in [0.4, 0.5) is 0 Å². The average molecular weight is 865 g/mol. The number of ketones is 2. The second-order valence-corrected chi connectivity index (χ2v) is 17.0. The first-order chi connectivity index (χ1) is 30.5. The normalized spacial score (nSPS) is 12.1. The van der Waals surface area contributed by atoms with Gasteiger partial charge in [0.25, 0.3) is 0 Å². The standard InChI is InChI=1S/C52H76N6O5/c1-41(19-7-3-13-26-46(54)39-49(59)44-22-9-5-10-23-44)51(61)56-33-17-35-58(37-38-63-48-30-28-43(29-31-48)21-15-16-32-53)36-18-34-57-52(62)42(2)20-8-4-14-27-47(55)40-50(60)45-24-11-6-12-25-45/h5-6,9-12,22-25,28-31,41-42,54-55H,3-4,7-8,13-21,26-27,32-40,53H2,1-2H3,(H,56,61)(H,57,62)/t41-,42-/m0/s1. The molecular formula is C52H76N6O5. The molecule has 3 aromatic rings. The van der Waals surface area contributed by atoms with Crippen LogP contribution in [0.25, 0.3) is 0 Å². The number of carbonyl (C=O) groups excluding carboxylic acids is 4. The molecule has 0 bridgehead atoms. The molecule has 0 saturated heterocycles. The molecule has 0 aliphatic carbocycles. The number of unbranched alkanes of at least 4 members (excludes halogenated alkanes) is 5. The predicted octanol–water partition coefficient (Wildman–Crippen LogP) is 9.42. The Hall–Kier alpha value is -5.00. The fourth-order valence-electron chi connectivity index (χ4n) is 7.44. The maximum Gasteiger partial charge on any atom is 0.222 e. The summed E-state index contributed by atoms with van der Waals surface area (Å²) in [6.07, 6.45) is 13.1. The van der Waals surface area contributed by atoms with Gasteiger partial charge in [-0.25, -0.2) is 0 Å². The van der Waals surface area contributed by atoms with Gasteiger partial charge < -0.3 is 31.9 Å². The molecule has 0 aliphatic heterocycles. The minimum Gasteiger partial charge on any atom is -0.492 e. The van der Waals surface area contributed by atoms with E-state index >= 15 is 0 Å². The van der Waals surface area contributed by atoms with Crippen LogP contribution in [0.1, 0.15) is 143 Å². The Balaban J connectivity index is 1.32. The lowest BCUT2D eigenvalue weighted by atomic mass is 9.99. The van der Waals surface area contributed by atoms with Gasteiger partial charge in [-0.05, 0) is 108 Å². The highest BCUT2D eigenvalue weighted by molar-refractivity contribution is 6.09. The highest BCUT2D eigenvalue weighted by Gasteiger charge is 2.15. The molecule has 344 valence electrons. The number of nitrogens with zero attached hydrogens (tertiary/aromatic N) is 1. The van der Waals surface area contributed by atoms with Gasteiger partial charge in [-0.3, -0.25) is 24.1 Å². The van der Waals surface area contributed by atoms with Crippen molar-refractivity contribution in [3.8, 4) is 5.75 Å². The maximum absolute atomic E-state index is 12.9. The number of Topliss-reactive ketones (excluding diaryl/α,β-unsaturated/α-hetero) is 2. The third-order valence-corrected chi connectivity index (χ3v) is 11.5. The van der Waals surface area contributed by atoms with E-state index in [-0.39, 0.29) is 48.1 Å². The van der Waals surface area contributed by atoms with Crippen molar-refractivity contribution in [1.82, 2.24) is 15.5 Å². The zero-order valence-corrected chi connectivity index (χ0v) is 38.3. The van der Waals surface area contributed by atoms with E-state index in [2.05, 4.69) is 27.7 Å². The van der Waals surface area contributed by atoms with Gasteiger partial charge in [0.2, 0.25) is 11.8 Å². The molecule has 63 heavy (non-hydrogen) atoms. The van der Waals surface area contributed by atoms with Crippen molar-refractivity contribution in [2.75, 3.05) is 45.9 Å². The van der Waals surface area contributed by atoms with E-state index < -0.39 is 0 Å². The number of aryl methyl sites for hydroxylation is 1. The first kappa shape index (κ1) is 52.3. The fraction of sp³-hybridized carbons (Fsp3) is 0.538. The maximum atomic E-state index is 12.9. The summed E-state index contributed by atoms with van der Waals surface area (Å²) in [5.41, 5.74) is 9.14. The van der Waals surface area contributed by atoms with Crippen LogP contribution >= 0.6 is 0 Å². The zero-order valence-electron chi connectivity index (χ0n) is 38.3. The highest BCUT2D eigenvalue weighted by Crippen LogP contribution is 2.16. The molecule has 3 aromatic carbocycles. The summed E-state index contributed by atoms with van der Waals surface area (Å²) < 4.78 is 6.12. The summed E-state index contributed by atoms with van der Waals surface area (Å²) in [4.78, 5) is 52.9. The Kier molecular flexibility index (Phi) is 26.4. The first-order valence-corrected chi connectivity index (χ1v) is 23.5. The molecule has 2 amide bonds. The lowest BCUT2D eigenvalue weighted by molar-refractivity contribution is -0.125. The Morgan fingerprint density at radius 2 is 1.06 bits per heavy atom. The molecule has 6 N–H and O–H groups in total. The summed E-state index contributed by atoms with van der Waals surface area (Å²) in [5.74, 6) is 0.740. The van der Waals surface area contributed by atoms with Crippen LogP contribution in [0.15, 0.2) is 84.9 Å². The smallest absolute Gasteiger partial charge is 0.222 e. The Labute approximate surface area is 377 Å². The summed E-state index contributed by atoms with van der Waals surface area (Å²) >= 11 is 0. The van der Waals surface area contributed by atoms with Crippen molar-refractivity contribution in [1.29, 1.82) is 10.8 Å². The molecular weight excluding hydrogens is 789 g/mol. The van der Waals surface area contributed by atoms with Gasteiger partial charge in [0.05, 0.1) is 0 Å². The van der Waals surface area contributed by atoms with Crippen LogP contribution in [-0.2, 0) is 16.0 Å². The van der Waals surface area contributed by atoms with Gasteiger partial charge in [-0.2, -0.15) is 0 Å². The van der Waals surface area contributed by atoms with E-state index in [1.807, 2.05) is 62.4 Å². The van der Waals surface area contributed by atoms with Crippen molar-refractivity contribution in [2.24, 2.45) is 17.6 Å². The zero-order chi connectivity index (χ0) is 45.5. The molecule has 0 radical (unpaired) electrons. The first-order valence-electron chi connectivity index (χ1n) is 23.5. The van der Waals surface area contributed by atoms with Gasteiger partial charge in [0.15, 0.2) is 11.6 Å². The molecule has 0 heterocycles. The van der Waals surface area contributed by atoms with E-state index in [1.54, 1.807) is 24.3 Å². The summed E-state index contributed by atoms with van der Waals surface area (Å²) in [6, 6.07) is 26.5. The van der Waals surface area contributed by atoms with Crippen molar-refractivity contribution in [3.05, 3.63) is 102 Å². The van der Waals surface area contributed by atoms with Crippen molar-refractivity contribution in [2.45, 2.75) is 123 Å². The number of carbonyl (C=O) groups is 4. The largest absolute Gasteiger partial charge is 0.492 e. The molecule has 11 nitrogen and oxygen atoms in total. The molecule has 0 fully saturated rings. The Morgan fingerprint density at radius 1 is 0.587 bits per heavy atom. The number of benzene rings is 3. The van der Waals surface area contributed by atoms with E-state index in [1.165, 1.54) is 5.56 Å². The lowest BCUT2D eigenvalue weighted by Gasteiger charge is -2.23. The number of nitrogens with two attached hydrogens (primary N) is 1. The Morgan fingerprint density at radius 3 is 1.52 bits per heavy atom. The number of ether oxygens (including phenoxy) is 1. The second-order valence-electron chi connectivity index (χ2n) is 17.0. The van der Waals surface area contributed by atoms with Gasteiger partial charge >= 0.3 is 0 Å². The SMILES string of the molecule is C[C@@H](CCCCCC(=N)CC(=O)c1ccccc1)C(=O)NCCCN(CCCNC(=O)[C@@H](C)CCCCCC(=N)CC(=O)c1ccccc1)CCOc1ccc(CCCCN)cc1. The van der Waals surface area contributed by atoms with Gasteiger partial charge in [-0.1, -0.05) is 112 Å². The van der Waals surface area contributed by atoms with E-state index in [0.717, 1.165) is 109 Å². The van der Waals surface area contributed by atoms with Crippen LogP contribution < -0.4 is 21.1 Å². The third kappa shape index (κ3) is 23.3. The van der Waals surface area contributed by atoms with Gasteiger partial charge in [0, 0.05) is 66.9 Å². The quantitative estimate of drug-likeness (QED) is 0.0220. The molecule has 0 spiro atoms. The van der Waals surface area contributed by atoms with Crippen LogP contribution in [0, 0.1) is 22.7 Å². The minimum absolute atomic E-state index is 0.0158. The number of nitrogens with one attached hydrogen (secondary N) is 4. The van der Waals surface area contributed by atoms with E-state index in [0.29, 0.717) is 61.6 Å². The number of hydrogen-bond acceptors (Lipinski definition) is 9. The number of rotatable bonds is 36. The molecule has 3 rings (SSSR count). The van der Waals surface area contributed by atoms with Crippen LogP contribution in [0.5, 0.6) is 5.75 Å². The topological polar surface area (TPSA) is 179 Å². The molecule has 0 saturated carbocycles. The summed E-state index contributed by atoms with van der Waals surface area (Å²) in [6.45, 7) is 8.65. The van der Waals surface area contributed by atoms with E-state index in [9.17, 15) is 19.2 Å². The molecule has 0 unspecified atom stereocenters. The van der Waals surface area contributed by atoms with Crippen molar-refractivity contribution in [3.63, 3.8) is 0 Å². The minimum atomic E-state index is -0.0941. The predicted molar refractivity (Wildman–Crippen MR) is 256 cm³/mol. The monoisotopic (exact) mass is 865 g/mol. The van der Waals surface area contributed by atoms with Gasteiger partial charge in [-0.15, -0.1) is 0 Å². The van der Waals surface area contributed by atoms with Crippen molar-refractivity contribution >= 4 is 34.8 Å². The fourth-order valence-corrected chi connectivity index (χ4v) is 7.44. The van der Waals surface area contributed by atoms with E-state index in [4.69, 9.17) is 21.3 Å². The Bertz CT molecular complexity index is 1680. The molecule has 0 aromatic heterocycles. The second kappa shape index (κ2) is 31.8. The third-order valence-electron chi connectivity index (χ3n) is 11.5. The van der Waals surface area contributed by atoms with Crippen molar-refractivity contribution < 1.29 is 23.9 Å². The van der Waals surface area contributed by atoms with Gasteiger partial charge in [0.1, 0.15) is 12.4 Å². The highest BCUT2D eigenvalue weighted by atomic mass is 16.5. The summed E-state index contributed by atoms with van der Waals surface area (Å²) in [5, 5.41) is 22.7.